The Labute approximate surface area is 127 Å². The van der Waals surface area contributed by atoms with Gasteiger partial charge in [0.05, 0.1) is 19.8 Å². The number of hydrogen-bond acceptors (Lipinski definition) is 4. The van der Waals surface area contributed by atoms with E-state index in [1.54, 1.807) is 0 Å². The van der Waals surface area contributed by atoms with Crippen LogP contribution in [-0.2, 0) is 14.3 Å². The molecule has 0 atom stereocenters. The molecule has 1 fully saturated rings. The SMILES string of the molecule is C#CCC1CCN(C(=O)COCCOCCN)CC1.Cl. The monoisotopic (exact) mass is 304 g/mol. The zero-order valence-electron chi connectivity index (χ0n) is 11.9. The molecule has 0 spiro atoms. The van der Waals surface area contributed by atoms with E-state index >= 15 is 0 Å². The van der Waals surface area contributed by atoms with Crippen molar-refractivity contribution in [1.29, 1.82) is 0 Å². The lowest BCUT2D eigenvalue weighted by molar-refractivity contribution is -0.138. The van der Waals surface area contributed by atoms with Crippen molar-refractivity contribution in [3.05, 3.63) is 0 Å². The zero-order chi connectivity index (χ0) is 13.9. The van der Waals surface area contributed by atoms with Crippen molar-refractivity contribution in [3.8, 4) is 12.3 Å². The lowest BCUT2D eigenvalue weighted by atomic mass is 9.94. The van der Waals surface area contributed by atoms with Crippen LogP contribution < -0.4 is 5.73 Å². The Morgan fingerprint density at radius 2 is 1.90 bits per heavy atom. The minimum Gasteiger partial charge on any atom is -0.378 e. The molecule has 6 heteroatoms. The van der Waals surface area contributed by atoms with Crippen LogP contribution in [0.25, 0.3) is 0 Å². The lowest BCUT2D eigenvalue weighted by Gasteiger charge is -2.31. The van der Waals surface area contributed by atoms with Crippen molar-refractivity contribution in [2.75, 3.05) is 46.1 Å². The first-order valence-electron chi connectivity index (χ1n) is 6.84. The molecule has 116 valence electrons. The normalized spacial score (nSPS) is 15.5. The fraction of sp³-hybridized carbons (Fsp3) is 0.786. The topological polar surface area (TPSA) is 64.8 Å². The Hall–Kier alpha value is -0.800. The summed E-state index contributed by atoms with van der Waals surface area (Å²) in [7, 11) is 0. The molecule has 0 aromatic carbocycles. The molecule has 0 unspecified atom stereocenters. The molecule has 0 saturated carbocycles. The highest BCUT2D eigenvalue weighted by atomic mass is 35.5. The molecular formula is C14H25ClN2O3. The van der Waals surface area contributed by atoms with Crippen LogP contribution in [0.3, 0.4) is 0 Å². The van der Waals surface area contributed by atoms with Crippen molar-refractivity contribution in [3.63, 3.8) is 0 Å². The summed E-state index contributed by atoms with van der Waals surface area (Å²) in [5.41, 5.74) is 5.28. The van der Waals surface area contributed by atoms with Gasteiger partial charge in [-0.3, -0.25) is 4.79 Å². The third-order valence-corrected chi connectivity index (χ3v) is 3.23. The Bertz CT molecular complexity index is 299. The molecule has 1 aliphatic rings. The summed E-state index contributed by atoms with van der Waals surface area (Å²) in [5.74, 6) is 3.31. The van der Waals surface area contributed by atoms with Gasteiger partial charge in [0, 0.05) is 26.1 Å². The number of nitrogens with zero attached hydrogens (tertiary/aromatic N) is 1. The first kappa shape index (κ1) is 19.2. The van der Waals surface area contributed by atoms with Gasteiger partial charge < -0.3 is 20.1 Å². The number of rotatable bonds is 8. The second kappa shape index (κ2) is 12.0. The van der Waals surface area contributed by atoms with E-state index in [9.17, 15) is 4.79 Å². The van der Waals surface area contributed by atoms with Crippen LogP contribution >= 0.6 is 12.4 Å². The van der Waals surface area contributed by atoms with Gasteiger partial charge in [0.1, 0.15) is 6.61 Å². The minimum absolute atomic E-state index is 0. The van der Waals surface area contributed by atoms with E-state index in [2.05, 4.69) is 5.92 Å². The van der Waals surface area contributed by atoms with Gasteiger partial charge in [-0.05, 0) is 18.8 Å². The molecule has 5 nitrogen and oxygen atoms in total. The number of ether oxygens (including phenoxy) is 2. The molecule has 1 rings (SSSR count). The molecule has 0 bridgehead atoms. The molecule has 1 saturated heterocycles. The minimum atomic E-state index is 0. The zero-order valence-corrected chi connectivity index (χ0v) is 12.7. The molecule has 0 aromatic rings. The van der Waals surface area contributed by atoms with Gasteiger partial charge in [0.25, 0.3) is 0 Å². The maximum atomic E-state index is 11.9. The van der Waals surface area contributed by atoms with E-state index in [4.69, 9.17) is 21.6 Å². The summed E-state index contributed by atoms with van der Waals surface area (Å²) in [6.45, 7) is 3.65. The number of hydrogen-bond donors (Lipinski definition) is 1. The van der Waals surface area contributed by atoms with Gasteiger partial charge in [-0.25, -0.2) is 0 Å². The first-order chi connectivity index (χ1) is 9.27. The number of terminal acetylenes is 1. The van der Waals surface area contributed by atoms with Crippen molar-refractivity contribution in [2.45, 2.75) is 19.3 Å². The van der Waals surface area contributed by atoms with Gasteiger partial charge in [-0.15, -0.1) is 24.8 Å². The number of carbonyl (C=O) groups excluding carboxylic acids is 1. The van der Waals surface area contributed by atoms with Crippen molar-refractivity contribution >= 4 is 18.3 Å². The van der Waals surface area contributed by atoms with E-state index in [1.165, 1.54) is 0 Å². The molecule has 20 heavy (non-hydrogen) atoms. The second-order valence-electron chi connectivity index (χ2n) is 4.69. The molecule has 1 aliphatic heterocycles. The average Bonchev–Trinajstić information content (AvgIpc) is 2.43. The van der Waals surface area contributed by atoms with Gasteiger partial charge >= 0.3 is 0 Å². The maximum Gasteiger partial charge on any atom is 0.248 e. The van der Waals surface area contributed by atoms with E-state index in [0.29, 0.717) is 32.3 Å². The highest BCUT2D eigenvalue weighted by molar-refractivity contribution is 5.85. The highest BCUT2D eigenvalue weighted by Gasteiger charge is 2.21. The summed E-state index contributed by atoms with van der Waals surface area (Å²) >= 11 is 0. The third kappa shape index (κ3) is 7.71. The van der Waals surface area contributed by atoms with Crippen LogP contribution in [0, 0.1) is 18.3 Å². The van der Waals surface area contributed by atoms with Gasteiger partial charge in [-0.2, -0.15) is 0 Å². The molecule has 0 aliphatic carbocycles. The summed E-state index contributed by atoms with van der Waals surface area (Å²) in [4.78, 5) is 13.7. The van der Waals surface area contributed by atoms with Crippen LogP contribution in [0.4, 0.5) is 0 Å². The van der Waals surface area contributed by atoms with Gasteiger partial charge in [-0.1, -0.05) is 0 Å². The molecule has 0 aromatic heterocycles. The van der Waals surface area contributed by atoms with Crippen molar-refractivity contribution in [1.82, 2.24) is 4.90 Å². The maximum absolute atomic E-state index is 11.9. The number of likely N-dealkylation sites (tertiary alicyclic amines) is 1. The van der Waals surface area contributed by atoms with E-state index in [1.807, 2.05) is 4.90 Å². The molecule has 1 heterocycles. The Morgan fingerprint density at radius 1 is 1.25 bits per heavy atom. The molecular weight excluding hydrogens is 280 g/mol. The van der Waals surface area contributed by atoms with Gasteiger partial charge in [0.15, 0.2) is 0 Å². The Kier molecular flexibility index (Phi) is 11.5. The summed E-state index contributed by atoms with van der Waals surface area (Å²) < 4.78 is 10.4. The van der Waals surface area contributed by atoms with Gasteiger partial charge in [0.2, 0.25) is 5.91 Å². The summed E-state index contributed by atoms with van der Waals surface area (Å²) in [6.07, 6.45) is 8.11. The van der Waals surface area contributed by atoms with Crippen molar-refractivity contribution < 1.29 is 14.3 Å². The predicted molar refractivity (Wildman–Crippen MR) is 80.7 cm³/mol. The quantitative estimate of drug-likeness (QED) is 0.528. The fourth-order valence-corrected chi connectivity index (χ4v) is 2.11. The van der Waals surface area contributed by atoms with Crippen LogP contribution in [0.15, 0.2) is 0 Å². The number of amides is 1. The highest BCUT2D eigenvalue weighted by Crippen LogP contribution is 2.19. The second-order valence-corrected chi connectivity index (χ2v) is 4.69. The molecule has 2 N–H and O–H groups in total. The Balaban J connectivity index is 0.00000361. The summed E-state index contributed by atoms with van der Waals surface area (Å²) in [5, 5.41) is 0. The van der Waals surface area contributed by atoms with Crippen LogP contribution in [-0.4, -0.2) is 56.9 Å². The lowest BCUT2D eigenvalue weighted by Crippen LogP contribution is -2.40. The number of carbonyl (C=O) groups is 1. The number of piperidine rings is 1. The average molecular weight is 305 g/mol. The smallest absolute Gasteiger partial charge is 0.248 e. The summed E-state index contributed by atoms with van der Waals surface area (Å²) in [6, 6.07) is 0. The Morgan fingerprint density at radius 3 is 2.50 bits per heavy atom. The van der Waals surface area contributed by atoms with Crippen LogP contribution in [0.2, 0.25) is 0 Å². The standard InChI is InChI=1S/C14H24N2O3.ClH/c1-2-3-13-4-7-16(8-5-13)14(17)12-19-11-10-18-9-6-15;/h1,13H,3-12,15H2;1H. The third-order valence-electron chi connectivity index (χ3n) is 3.23. The molecule has 0 radical (unpaired) electrons. The van der Waals surface area contributed by atoms with Crippen molar-refractivity contribution in [2.24, 2.45) is 11.7 Å². The van der Waals surface area contributed by atoms with E-state index in [0.717, 1.165) is 32.4 Å². The predicted octanol–water partition coefficient (Wildman–Crippen LogP) is 0.662. The first-order valence-corrected chi connectivity index (χ1v) is 6.84. The molecule has 1 amide bonds. The van der Waals surface area contributed by atoms with E-state index < -0.39 is 0 Å². The number of halogens is 1. The number of nitrogens with two attached hydrogens (primary N) is 1. The van der Waals surface area contributed by atoms with Crippen LogP contribution in [0.1, 0.15) is 19.3 Å². The van der Waals surface area contributed by atoms with Crippen LogP contribution in [0.5, 0.6) is 0 Å². The van der Waals surface area contributed by atoms with E-state index in [-0.39, 0.29) is 24.9 Å². The fourth-order valence-electron chi connectivity index (χ4n) is 2.11. The largest absolute Gasteiger partial charge is 0.378 e.